The maximum atomic E-state index is 12.1. The van der Waals surface area contributed by atoms with E-state index in [4.69, 9.17) is 0 Å². The van der Waals surface area contributed by atoms with E-state index in [1.165, 1.54) is 36.1 Å². The van der Waals surface area contributed by atoms with Gasteiger partial charge < -0.3 is 10.6 Å². The molecule has 7 rings (SSSR count). The quantitative estimate of drug-likeness (QED) is 0.628. The Morgan fingerprint density at radius 1 is 0.594 bits per heavy atom. The molecule has 0 radical (unpaired) electrons. The largest absolute Gasteiger partial charge is 0.347 e. The van der Waals surface area contributed by atoms with Crippen molar-refractivity contribution in [2.24, 2.45) is 0 Å². The molecule has 0 spiro atoms. The number of benzene rings is 3. The highest BCUT2D eigenvalue weighted by Gasteiger charge is 2.26. The molecule has 4 bridgehead atoms. The molecule has 0 fully saturated rings. The second-order valence-electron chi connectivity index (χ2n) is 8.61. The molecule has 0 unspecified atom stereocenters. The number of hydrogen-bond acceptors (Lipinski definition) is 2. The number of carbonyl (C=O) groups is 2. The smallest absolute Gasteiger partial charge is 0.217 e. The zero-order valence-electron chi connectivity index (χ0n) is 18.7. The van der Waals surface area contributed by atoms with Gasteiger partial charge in [-0.3, -0.25) is 9.59 Å². The maximum Gasteiger partial charge on any atom is 0.217 e. The fraction of sp³-hybridized carbons (Fsp3) is 0.286. The van der Waals surface area contributed by atoms with Gasteiger partial charge in [0, 0.05) is 13.8 Å². The Hall–Kier alpha value is -3.40. The summed E-state index contributed by atoms with van der Waals surface area (Å²) in [5.74, 6) is -0.255. The lowest BCUT2D eigenvalue weighted by Gasteiger charge is -2.29. The number of hydrogen-bond donors (Lipinski definition) is 2. The third kappa shape index (κ3) is 5.25. The van der Waals surface area contributed by atoms with E-state index in [9.17, 15) is 9.59 Å². The summed E-state index contributed by atoms with van der Waals surface area (Å²) in [6.07, 6.45) is 3.92. The molecule has 3 aromatic rings. The van der Waals surface area contributed by atoms with Crippen LogP contribution in [0.1, 0.15) is 59.3 Å². The molecule has 0 saturated heterocycles. The Kier molecular flexibility index (Phi) is 6.69. The van der Waals surface area contributed by atoms with Crippen LogP contribution in [0.3, 0.4) is 0 Å². The predicted molar refractivity (Wildman–Crippen MR) is 127 cm³/mol. The number of rotatable bonds is 2. The van der Waals surface area contributed by atoms with E-state index >= 15 is 0 Å². The van der Waals surface area contributed by atoms with Crippen LogP contribution in [0.2, 0.25) is 0 Å². The first-order valence-electron chi connectivity index (χ1n) is 11.3. The van der Waals surface area contributed by atoms with Crippen LogP contribution in [0, 0.1) is 0 Å². The van der Waals surface area contributed by atoms with Gasteiger partial charge in [-0.05, 0) is 59.1 Å². The van der Waals surface area contributed by atoms with Crippen molar-refractivity contribution in [2.75, 3.05) is 0 Å². The molecule has 4 heteroatoms. The van der Waals surface area contributed by atoms with Gasteiger partial charge in [-0.1, -0.05) is 72.8 Å². The average molecular weight is 427 g/mol. The number of aryl methyl sites for hydroxylation is 4. The number of amides is 2. The van der Waals surface area contributed by atoms with Gasteiger partial charge in [0.15, 0.2) is 0 Å². The molecule has 0 heterocycles. The topological polar surface area (TPSA) is 58.2 Å². The molecule has 2 amide bonds. The van der Waals surface area contributed by atoms with E-state index in [0.29, 0.717) is 0 Å². The molecule has 2 N–H and O–H groups in total. The van der Waals surface area contributed by atoms with Gasteiger partial charge in [0.1, 0.15) is 0 Å². The molecule has 0 aromatic heterocycles. The van der Waals surface area contributed by atoms with Crippen LogP contribution in [-0.2, 0) is 35.3 Å². The van der Waals surface area contributed by atoms with Crippen LogP contribution in [0.4, 0.5) is 0 Å². The SMILES string of the molecule is CC(=O)N[C@@H]1c2ccc(cc2)CCc2ccccc2CCc2ccc(cc2)[C@H]1NC(C)=O. The predicted octanol–water partition coefficient (Wildman–Crippen LogP) is 4.63. The van der Waals surface area contributed by atoms with Crippen LogP contribution in [-0.4, -0.2) is 11.8 Å². The lowest BCUT2D eigenvalue weighted by atomic mass is 9.89. The first-order valence-corrected chi connectivity index (χ1v) is 11.3. The van der Waals surface area contributed by atoms with Crippen LogP contribution in [0.5, 0.6) is 0 Å². The first kappa shape index (κ1) is 21.8. The summed E-state index contributed by atoms with van der Waals surface area (Å²) in [6.45, 7) is 3.03. The first-order chi connectivity index (χ1) is 15.5. The fourth-order valence-corrected chi connectivity index (χ4v) is 4.54. The highest BCUT2D eigenvalue weighted by Crippen LogP contribution is 2.30. The van der Waals surface area contributed by atoms with Crippen molar-refractivity contribution >= 4 is 11.8 Å². The molecule has 4 aliphatic carbocycles. The highest BCUT2D eigenvalue weighted by atomic mass is 16.2. The Morgan fingerprint density at radius 2 is 0.969 bits per heavy atom. The monoisotopic (exact) mass is 426 g/mol. The maximum absolute atomic E-state index is 12.1. The van der Waals surface area contributed by atoms with E-state index in [0.717, 1.165) is 36.8 Å². The molecule has 32 heavy (non-hydrogen) atoms. The molecule has 164 valence electrons. The van der Waals surface area contributed by atoms with Crippen molar-refractivity contribution in [3.8, 4) is 0 Å². The summed E-state index contributed by atoms with van der Waals surface area (Å²) in [6, 6.07) is 24.8. The Balaban J connectivity index is 1.78. The minimum atomic E-state index is -0.357. The van der Waals surface area contributed by atoms with Crippen molar-refractivity contribution in [2.45, 2.75) is 51.6 Å². The number of carbonyl (C=O) groups excluding carboxylic acids is 2. The van der Waals surface area contributed by atoms with Crippen molar-refractivity contribution in [1.82, 2.24) is 10.6 Å². The van der Waals surface area contributed by atoms with E-state index < -0.39 is 0 Å². The van der Waals surface area contributed by atoms with E-state index in [1.54, 1.807) is 0 Å². The summed E-state index contributed by atoms with van der Waals surface area (Å²) >= 11 is 0. The van der Waals surface area contributed by atoms with Crippen LogP contribution in [0.25, 0.3) is 0 Å². The second-order valence-corrected chi connectivity index (χ2v) is 8.61. The van der Waals surface area contributed by atoms with Crippen molar-refractivity contribution < 1.29 is 9.59 Å². The van der Waals surface area contributed by atoms with Gasteiger partial charge in [-0.2, -0.15) is 0 Å². The summed E-state index contributed by atoms with van der Waals surface area (Å²) in [5.41, 5.74) is 7.27. The third-order valence-electron chi connectivity index (χ3n) is 6.21. The van der Waals surface area contributed by atoms with E-state index in [2.05, 4.69) is 83.4 Å². The number of nitrogens with one attached hydrogen (secondary N) is 2. The summed E-state index contributed by atoms with van der Waals surface area (Å²) < 4.78 is 0. The molecule has 4 aliphatic rings. The molecular formula is C28H30N2O2. The molecule has 3 aromatic carbocycles. The van der Waals surface area contributed by atoms with Gasteiger partial charge in [0.2, 0.25) is 11.8 Å². The van der Waals surface area contributed by atoms with Crippen molar-refractivity contribution in [3.05, 3.63) is 106 Å². The fourth-order valence-electron chi connectivity index (χ4n) is 4.54. The van der Waals surface area contributed by atoms with Crippen LogP contribution in [0.15, 0.2) is 72.8 Å². The van der Waals surface area contributed by atoms with Gasteiger partial charge >= 0.3 is 0 Å². The lowest BCUT2D eigenvalue weighted by Crippen LogP contribution is -2.39. The van der Waals surface area contributed by atoms with Gasteiger partial charge in [-0.15, -0.1) is 0 Å². The van der Waals surface area contributed by atoms with Crippen LogP contribution < -0.4 is 10.6 Å². The van der Waals surface area contributed by atoms with Crippen LogP contribution >= 0.6 is 0 Å². The van der Waals surface area contributed by atoms with E-state index in [-0.39, 0.29) is 23.9 Å². The minimum Gasteiger partial charge on any atom is -0.347 e. The second kappa shape index (κ2) is 9.82. The van der Waals surface area contributed by atoms with E-state index in [1.807, 2.05) is 0 Å². The van der Waals surface area contributed by atoms with Crippen molar-refractivity contribution in [1.29, 1.82) is 0 Å². The molecule has 4 nitrogen and oxygen atoms in total. The zero-order chi connectivity index (χ0) is 22.5. The standard InChI is InChI=1S/C28H30N2O2/c1-19(31)29-27-25-15-9-21(10-16-25)7-13-23-5-3-4-6-24(23)14-8-22-11-17-26(18-12-22)28(27)30-20(2)32/h3-6,9-12,15-18,27-28H,7-8,13-14H2,1-2H3,(H,29,31)(H,30,32)/t27-,28-/m1/s1. The average Bonchev–Trinajstić information content (AvgIpc) is 2.79. The molecular weight excluding hydrogens is 396 g/mol. The third-order valence-corrected chi connectivity index (χ3v) is 6.21. The minimum absolute atomic E-state index is 0.128. The van der Waals surface area contributed by atoms with Gasteiger partial charge in [0.05, 0.1) is 12.1 Å². The normalized spacial score (nSPS) is 18.1. The van der Waals surface area contributed by atoms with Crippen molar-refractivity contribution in [3.63, 3.8) is 0 Å². The Bertz CT molecular complexity index is 999. The summed E-state index contributed by atoms with van der Waals surface area (Å²) in [4.78, 5) is 24.1. The lowest BCUT2D eigenvalue weighted by molar-refractivity contribution is -0.122. The van der Waals surface area contributed by atoms with Gasteiger partial charge in [0.25, 0.3) is 0 Å². The van der Waals surface area contributed by atoms with Gasteiger partial charge in [-0.25, -0.2) is 0 Å². The summed E-state index contributed by atoms with van der Waals surface area (Å²) in [7, 11) is 0. The molecule has 2 atom stereocenters. The highest BCUT2D eigenvalue weighted by molar-refractivity contribution is 5.75. The Morgan fingerprint density at radius 3 is 1.31 bits per heavy atom. The summed E-state index contributed by atoms with van der Waals surface area (Å²) in [5, 5.41) is 6.12. The molecule has 0 aliphatic heterocycles. The molecule has 0 saturated carbocycles. The zero-order valence-corrected chi connectivity index (χ0v) is 18.7. The Labute approximate surface area is 190 Å².